The predicted molar refractivity (Wildman–Crippen MR) is 126 cm³/mol. The number of rotatable bonds is 7. The molecule has 0 N–H and O–H groups in total. The summed E-state index contributed by atoms with van der Waals surface area (Å²) in [4.78, 5) is 28.1. The summed E-state index contributed by atoms with van der Waals surface area (Å²) in [5.41, 5.74) is 1.17. The molecule has 34 heavy (non-hydrogen) atoms. The van der Waals surface area contributed by atoms with Crippen LogP contribution in [-0.4, -0.2) is 58.3 Å². The van der Waals surface area contributed by atoms with Gasteiger partial charge in [-0.25, -0.2) is 0 Å². The molecule has 1 aliphatic heterocycles. The number of carbonyl (C=O) groups is 1. The molecule has 1 fully saturated rings. The molecule has 0 bridgehead atoms. The SMILES string of the molecule is CC(C)N(Cc1nnc(-c2ccccc2Cl)o1)C(=O)c1ccc(N2CCOCC2)c([N+](=O)[O-])c1. The van der Waals surface area contributed by atoms with Crippen molar-refractivity contribution >= 4 is 28.9 Å². The molecule has 0 spiro atoms. The lowest BCUT2D eigenvalue weighted by Crippen LogP contribution is -2.37. The highest BCUT2D eigenvalue weighted by Crippen LogP contribution is 2.31. The summed E-state index contributed by atoms with van der Waals surface area (Å²) in [5.74, 6) is 0.114. The van der Waals surface area contributed by atoms with Crippen molar-refractivity contribution < 1.29 is 18.9 Å². The van der Waals surface area contributed by atoms with Gasteiger partial charge in [-0.3, -0.25) is 14.9 Å². The summed E-state index contributed by atoms with van der Waals surface area (Å²) >= 11 is 6.21. The maximum Gasteiger partial charge on any atom is 0.293 e. The first-order chi connectivity index (χ1) is 16.3. The fourth-order valence-corrected chi connectivity index (χ4v) is 3.95. The number of hydrogen-bond acceptors (Lipinski definition) is 8. The van der Waals surface area contributed by atoms with Crippen molar-refractivity contribution in [2.75, 3.05) is 31.2 Å². The van der Waals surface area contributed by atoms with Crippen LogP contribution in [0.4, 0.5) is 11.4 Å². The van der Waals surface area contributed by atoms with Crippen molar-refractivity contribution in [2.45, 2.75) is 26.4 Å². The molecule has 11 heteroatoms. The van der Waals surface area contributed by atoms with Gasteiger partial charge >= 0.3 is 0 Å². The van der Waals surface area contributed by atoms with E-state index in [1.54, 1.807) is 30.3 Å². The molecule has 0 aliphatic carbocycles. The van der Waals surface area contributed by atoms with E-state index in [2.05, 4.69) is 10.2 Å². The molecule has 10 nitrogen and oxygen atoms in total. The Morgan fingerprint density at radius 2 is 1.94 bits per heavy atom. The third-order valence-corrected chi connectivity index (χ3v) is 5.86. The minimum atomic E-state index is -0.463. The first kappa shape index (κ1) is 23.7. The maximum absolute atomic E-state index is 13.3. The minimum Gasteiger partial charge on any atom is -0.419 e. The average Bonchev–Trinajstić information content (AvgIpc) is 3.31. The van der Waals surface area contributed by atoms with Crippen LogP contribution in [0.1, 0.15) is 30.1 Å². The van der Waals surface area contributed by atoms with Gasteiger partial charge in [0, 0.05) is 30.8 Å². The number of hydrogen-bond donors (Lipinski definition) is 0. The first-order valence-corrected chi connectivity index (χ1v) is 11.2. The van der Waals surface area contributed by atoms with E-state index in [1.165, 1.54) is 11.0 Å². The molecule has 0 radical (unpaired) electrons. The number of nitro groups is 1. The van der Waals surface area contributed by atoms with Crippen LogP contribution >= 0.6 is 11.6 Å². The second kappa shape index (κ2) is 10.2. The molecular weight excluding hydrogens is 462 g/mol. The highest BCUT2D eigenvalue weighted by Gasteiger charge is 2.27. The summed E-state index contributed by atoms with van der Waals surface area (Å²) in [6, 6.07) is 11.4. The Bertz CT molecular complexity index is 1190. The fraction of sp³-hybridized carbons (Fsp3) is 0.348. The molecule has 4 rings (SSSR count). The van der Waals surface area contributed by atoms with Crippen LogP contribution in [0.3, 0.4) is 0 Å². The normalized spacial score (nSPS) is 13.8. The highest BCUT2D eigenvalue weighted by atomic mass is 35.5. The van der Waals surface area contributed by atoms with Gasteiger partial charge in [0.2, 0.25) is 11.8 Å². The van der Waals surface area contributed by atoms with Crippen molar-refractivity contribution in [3.05, 3.63) is 69.1 Å². The molecule has 2 aromatic carbocycles. The van der Waals surface area contributed by atoms with E-state index >= 15 is 0 Å². The summed E-state index contributed by atoms with van der Waals surface area (Å²) in [6.07, 6.45) is 0. The lowest BCUT2D eigenvalue weighted by Gasteiger charge is -2.29. The van der Waals surface area contributed by atoms with Crippen molar-refractivity contribution in [3.63, 3.8) is 0 Å². The number of nitrogens with zero attached hydrogens (tertiary/aromatic N) is 5. The minimum absolute atomic E-state index is 0.0486. The average molecular weight is 486 g/mol. The Labute approximate surface area is 201 Å². The lowest BCUT2D eigenvalue weighted by atomic mass is 10.1. The Hall–Kier alpha value is -3.50. The van der Waals surface area contributed by atoms with Crippen molar-refractivity contribution in [3.8, 4) is 11.5 Å². The summed E-state index contributed by atoms with van der Waals surface area (Å²) in [6.45, 7) is 5.85. The molecule has 2 heterocycles. The Morgan fingerprint density at radius 1 is 1.21 bits per heavy atom. The Balaban J connectivity index is 1.58. The van der Waals surface area contributed by atoms with Gasteiger partial charge in [0.25, 0.3) is 11.6 Å². The van der Waals surface area contributed by atoms with Crippen molar-refractivity contribution in [1.82, 2.24) is 15.1 Å². The van der Waals surface area contributed by atoms with E-state index in [-0.39, 0.29) is 41.5 Å². The second-order valence-corrected chi connectivity index (χ2v) is 8.47. The van der Waals surface area contributed by atoms with E-state index < -0.39 is 4.92 Å². The number of halogens is 1. The molecule has 3 aromatic rings. The summed E-state index contributed by atoms with van der Waals surface area (Å²) < 4.78 is 11.1. The number of aromatic nitrogens is 2. The Kier molecular flexibility index (Phi) is 7.09. The second-order valence-electron chi connectivity index (χ2n) is 8.07. The number of nitro benzene ring substituents is 1. The number of anilines is 1. The molecule has 1 amide bonds. The number of carbonyl (C=O) groups excluding carboxylic acids is 1. The molecule has 178 valence electrons. The van der Waals surface area contributed by atoms with Gasteiger partial charge in [-0.15, -0.1) is 10.2 Å². The van der Waals surface area contributed by atoms with E-state index in [1.807, 2.05) is 24.8 Å². The summed E-state index contributed by atoms with van der Waals surface area (Å²) in [7, 11) is 0. The number of amides is 1. The molecule has 0 unspecified atom stereocenters. The van der Waals surface area contributed by atoms with Crippen LogP contribution in [0.5, 0.6) is 0 Å². The number of benzene rings is 2. The van der Waals surface area contributed by atoms with Gasteiger partial charge in [-0.05, 0) is 38.1 Å². The van der Waals surface area contributed by atoms with Crippen LogP contribution in [0.15, 0.2) is 46.9 Å². The third-order valence-electron chi connectivity index (χ3n) is 5.53. The standard InChI is InChI=1S/C23H24ClN5O5/c1-15(2)28(14-21-25-26-22(34-21)17-5-3-4-6-18(17)24)23(30)16-7-8-19(20(13-16)29(31)32)27-9-11-33-12-10-27/h3-8,13,15H,9-12,14H2,1-2H3. The molecule has 1 aromatic heterocycles. The van der Waals surface area contributed by atoms with Gasteiger partial charge in [0.15, 0.2) is 0 Å². The van der Waals surface area contributed by atoms with E-state index in [0.29, 0.717) is 42.6 Å². The third kappa shape index (κ3) is 5.02. The van der Waals surface area contributed by atoms with Gasteiger partial charge in [0.1, 0.15) is 5.69 Å². The van der Waals surface area contributed by atoms with E-state index in [4.69, 9.17) is 20.8 Å². The largest absolute Gasteiger partial charge is 0.419 e. The molecular formula is C23H24ClN5O5. The first-order valence-electron chi connectivity index (χ1n) is 10.8. The molecule has 0 atom stereocenters. The number of ether oxygens (including phenoxy) is 1. The predicted octanol–water partition coefficient (Wildman–Crippen LogP) is 4.19. The van der Waals surface area contributed by atoms with Gasteiger partial charge in [-0.2, -0.15) is 0 Å². The lowest BCUT2D eigenvalue weighted by molar-refractivity contribution is -0.384. The smallest absolute Gasteiger partial charge is 0.293 e. The zero-order valence-electron chi connectivity index (χ0n) is 18.8. The van der Waals surface area contributed by atoms with Crippen molar-refractivity contribution in [2.24, 2.45) is 0 Å². The van der Waals surface area contributed by atoms with Crippen LogP contribution in [0.2, 0.25) is 5.02 Å². The Morgan fingerprint density at radius 3 is 2.62 bits per heavy atom. The van der Waals surface area contributed by atoms with E-state index in [0.717, 1.165) is 0 Å². The van der Waals surface area contributed by atoms with Gasteiger partial charge < -0.3 is 19.0 Å². The van der Waals surface area contributed by atoms with Crippen LogP contribution in [-0.2, 0) is 11.3 Å². The van der Waals surface area contributed by atoms with Crippen LogP contribution < -0.4 is 4.90 Å². The summed E-state index contributed by atoms with van der Waals surface area (Å²) in [5, 5.41) is 20.4. The fourth-order valence-electron chi connectivity index (χ4n) is 3.74. The molecule has 0 saturated carbocycles. The van der Waals surface area contributed by atoms with Gasteiger partial charge in [-0.1, -0.05) is 23.7 Å². The van der Waals surface area contributed by atoms with Gasteiger partial charge in [0.05, 0.1) is 35.3 Å². The van der Waals surface area contributed by atoms with Crippen LogP contribution in [0, 0.1) is 10.1 Å². The maximum atomic E-state index is 13.3. The van der Waals surface area contributed by atoms with Crippen molar-refractivity contribution in [1.29, 1.82) is 0 Å². The molecule has 1 saturated heterocycles. The van der Waals surface area contributed by atoms with Crippen LogP contribution in [0.25, 0.3) is 11.5 Å². The zero-order valence-corrected chi connectivity index (χ0v) is 19.6. The topological polar surface area (TPSA) is 115 Å². The molecule has 1 aliphatic rings. The monoisotopic (exact) mass is 485 g/mol. The quantitative estimate of drug-likeness (QED) is 0.361. The highest BCUT2D eigenvalue weighted by molar-refractivity contribution is 6.33. The number of morpholine rings is 1. The zero-order chi connectivity index (χ0) is 24.2. The van der Waals surface area contributed by atoms with E-state index in [9.17, 15) is 14.9 Å².